The van der Waals surface area contributed by atoms with Gasteiger partial charge in [0.1, 0.15) is 0 Å². The Morgan fingerprint density at radius 2 is 2.13 bits per heavy atom. The van der Waals surface area contributed by atoms with E-state index in [0.29, 0.717) is 0 Å². The van der Waals surface area contributed by atoms with Crippen molar-refractivity contribution in [2.24, 2.45) is 5.73 Å². The Morgan fingerprint density at radius 3 is 2.80 bits per heavy atom. The summed E-state index contributed by atoms with van der Waals surface area (Å²) in [5.41, 5.74) is 5.49. The van der Waals surface area contributed by atoms with Gasteiger partial charge < -0.3 is 15.5 Å². The second-order valence-electron chi connectivity index (χ2n) is 4.89. The summed E-state index contributed by atoms with van der Waals surface area (Å²) in [6.07, 6.45) is 6.49. The van der Waals surface area contributed by atoms with Crippen LogP contribution in [0.15, 0.2) is 0 Å². The Bertz CT molecular complexity index is 161. The van der Waals surface area contributed by atoms with Gasteiger partial charge in [-0.05, 0) is 59.4 Å². The molecule has 1 unspecified atom stereocenters. The van der Waals surface area contributed by atoms with E-state index in [4.69, 9.17) is 5.73 Å². The molecule has 90 valence electrons. The van der Waals surface area contributed by atoms with Crippen LogP contribution in [0, 0.1) is 0 Å². The van der Waals surface area contributed by atoms with Crippen LogP contribution in [-0.2, 0) is 0 Å². The number of unbranched alkanes of at least 4 members (excludes halogenated alkanes) is 2. The topological polar surface area (TPSA) is 32.5 Å². The minimum atomic E-state index is 0.779. The summed E-state index contributed by atoms with van der Waals surface area (Å²) < 4.78 is 0. The van der Waals surface area contributed by atoms with Crippen molar-refractivity contribution >= 4 is 0 Å². The smallest absolute Gasteiger partial charge is 0.0220 e. The summed E-state index contributed by atoms with van der Waals surface area (Å²) in [5.74, 6) is 0. The highest BCUT2D eigenvalue weighted by Gasteiger charge is 2.20. The van der Waals surface area contributed by atoms with E-state index in [1.807, 2.05) is 0 Å². The number of hydrogen-bond acceptors (Lipinski definition) is 3. The Kier molecular flexibility index (Phi) is 6.22. The molecule has 0 radical (unpaired) electrons. The first-order valence-corrected chi connectivity index (χ1v) is 6.33. The van der Waals surface area contributed by atoms with Crippen molar-refractivity contribution in [2.75, 3.05) is 40.3 Å². The summed E-state index contributed by atoms with van der Waals surface area (Å²) in [6, 6.07) is 0.779. The molecule has 0 aromatic carbocycles. The van der Waals surface area contributed by atoms with Gasteiger partial charge in [-0.1, -0.05) is 6.42 Å². The predicted octanol–water partition coefficient (Wildman–Crippen LogP) is 1.14. The summed E-state index contributed by atoms with van der Waals surface area (Å²) in [5, 5.41) is 0. The van der Waals surface area contributed by atoms with Crippen molar-refractivity contribution in [2.45, 2.75) is 38.1 Å². The van der Waals surface area contributed by atoms with E-state index in [1.165, 1.54) is 51.7 Å². The lowest BCUT2D eigenvalue weighted by molar-refractivity contribution is 0.133. The number of likely N-dealkylation sites (N-methyl/N-ethyl adjacent to an activating group) is 2. The van der Waals surface area contributed by atoms with Gasteiger partial charge in [0.2, 0.25) is 0 Å². The van der Waals surface area contributed by atoms with Crippen LogP contribution in [-0.4, -0.2) is 56.1 Å². The van der Waals surface area contributed by atoms with E-state index < -0.39 is 0 Å². The van der Waals surface area contributed by atoms with Crippen LogP contribution in [0.5, 0.6) is 0 Å². The van der Waals surface area contributed by atoms with Gasteiger partial charge in [-0.2, -0.15) is 0 Å². The van der Waals surface area contributed by atoms with E-state index in [-0.39, 0.29) is 0 Å². The molecule has 0 aromatic heterocycles. The molecule has 1 heterocycles. The zero-order valence-electron chi connectivity index (χ0n) is 10.4. The summed E-state index contributed by atoms with van der Waals surface area (Å²) in [4.78, 5) is 4.98. The molecule has 0 aliphatic carbocycles. The second kappa shape index (κ2) is 7.20. The van der Waals surface area contributed by atoms with Gasteiger partial charge in [-0.15, -0.1) is 0 Å². The first-order chi connectivity index (χ1) is 7.24. The zero-order valence-corrected chi connectivity index (χ0v) is 10.4. The Hall–Kier alpha value is -0.120. The molecular weight excluding hydrogens is 186 g/mol. The van der Waals surface area contributed by atoms with Crippen LogP contribution >= 0.6 is 0 Å². The first-order valence-electron chi connectivity index (χ1n) is 6.33. The van der Waals surface area contributed by atoms with Crippen molar-refractivity contribution in [3.05, 3.63) is 0 Å². The molecule has 0 amide bonds. The Balaban J connectivity index is 2.12. The normalized spacial score (nSPS) is 23.6. The fourth-order valence-corrected chi connectivity index (χ4v) is 2.36. The van der Waals surface area contributed by atoms with Crippen LogP contribution in [0.3, 0.4) is 0 Å². The van der Waals surface area contributed by atoms with Crippen LogP contribution in [0.2, 0.25) is 0 Å². The number of hydrogen-bond donors (Lipinski definition) is 1. The molecule has 1 aliphatic heterocycles. The maximum Gasteiger partial charge on any atom is 0.0220 e. The first kappa shape index (κ1) is 12.9. The van der Waals surface area contributed by atoms with Crippen LogP contribution in [0.25, 0.3) is 0 Å². The SMILES string of the molecule is CN1CCCC(N(C)CCCCCN)C1. The monoisotopic (exact) mass is 213 g/mol. The third kappa shape index (κ3) is 4.96. The van der Waals surface area contributed by atoms with Gasteiger partial charge in [0.05, 0.1) is 0 Å². The molecular formula is C12H27N3. The molecule has 15 heavy (non-hydrogen) atoms. The molecule has 0 saturated carbocycles. The molecule has 3 nitrogen and oxygen atoms in total. The molecule has 0 aromatic rings. The minimum absolute atomic E-state index is 0.779. The van der Waals surface area contributed by atoms with Crippen molar-refractivity contribution in [3.8, 4) is 0 Å². The molecule has 1 rings (SSSR count). The Labute approximate surface area is 94.6 Å². The van der Waals surface area contributed by atoms with Gasteiger partial charge in [-0.3, -0.25) is 0 Å². The number of likely N-dealkylation sites (tertiary alicyclic amines) is 1. The third-order valence-electron chi connectivity index (χ3n) is 3.44. The number of nitrogens with zero attached hydrogens (tertiary/aromatic N) is 2. The largest absolute Gasteiger partial charge is 0.330 e. The summed E-state index contributed by atoms with van der Waals surface area (Å²) >= 11 is 0. The fraction of sp³-hybridized carbons (Fsp3) is 1.00. The van der Waals surface area contributed by atoms with Crippen LogP contribution in [0.4, 0.5) is 0 Å². The fourth-order valence-electron chi connectivity index (χ4n) is 2.36. The van der Waals surface area contributed by atoms with E-state index >= 15 is 0 Å². The van der Waals surface area contributed by atoms with Crippen molar-refractivity contribution in [1.29, 1.82) is 0 Å². The molecule has 3 heteroatoms. The summed E-state index contributed by atoms with van der Waals surface area (Å²) in [6.45, 7) is 4.60. The third-order valence-corrected chi connectivity index (χ3v) is 3.44. The molecule has 1 fully saturated rings. The summed E-state index contributed by atoms with van der Waals surface area (Å²) in [7, 11) is 4.50. The lowest BCUT2D eigenvalue weighted by Gasteiger charge is -2.35. The van der Waals surface area contributed by atoms with Crippen molar-refractivity contribution in [3.63, 3.8) is 0 Å². The van der Waals surface area contributed by atoms with Crippen molar-refractivity contribution < 1.29 is 0 Å². The molecule has 1 saturated heterocycles. The second-order valence-corrected chi connectivity index (χ2v) is 4.89. The van der Waals surface area contributed by atoms with Crippen molar-refractivity contribution in [1.82, 2.24) is 9.80 Å². The van der Waals surface area contributed by atoms with E-state index in [9.17, 15) is 0 Å². The Morgan fingerprint density at radius 1 is 1.33 bits per heavy atom. The van der Waals surface area contributed by atoms with E-state index in [0.717, 1.165) is 12.6 Å². The van der Waals surface area contributed by atoms with Gasteiger partial charge in [0, 0.05) is 12.6 Å². The predicted molar refractivity (Wildman–Crippen MR) is 66.1 cm³/mol. The quantitative estimate of drug-likeness (QED) is 0.672. The maximum atomic E-state index is 5.49. The average Bonchev–Trinajstić information content (AvgIpc) is 2.24. The van der Waals surface area contributed by atoms with Crippen LogP contribution < -0.4 is 5.73 Å². The highest BCUT2D eigenvalue weighted by molar-refractivity contribution is 4.77. The standard InChI is InChI=1S/C12H27N3/c1-14-9-6-7-12(11-14)15(2)10-5-3-4-8-13/h12H,3-11,13H2,1-2H3. The maximum absolute atomic E-state index is 5.49. The molecule has 2 N–H and O–H groups in total. The molecule has 0 spiro atoms. The molecule has 1 aliphatic rings. The zero-order chi connectivity index (χ0) is 11.1. The highest BCUT2D eigenvalue weighted by atomic mass is 15.2. The van der Waals surface area contributed by atoms with E-state index in [1.54, 1.807) is 0 Å². The average molecular weight is 213 g/mol. The lowest BCUT2D eigenvalue weighted by atomic mass is 10.0. The number of piperidine rings is 1. The highest BCUT2D eigenvalue weighted by Crippen LogP contribution is 2.13. The molecule has 0 bridgehead atoms. The van der Waals surface area contributed by atoms with Gasteiger partial charge in [-0.25, -0.2) is 0 Å². The van der Waals surface area contributed by atoms with Gasteiger partial charge in [0.15, 0.2) is 0 Å². The number of nitrogens with two attached hydrogens (primary N) is 1. The van der Waals surface area contributed by atoms with Gasteiger partial charge >= 0.3 is 0 Å². The molecule has 1 atom stereocenters. The van der Waals surface area contributed by atoms with Gasteiger partial charge in [0.25, 0.3) is 0 Å². The lowest BCUT2D eigenvalue weighted by Crippen LogP contribution is -2.45. The van der Waals surface area contributed by atoms with Crippen LogP contribution in [0.1, 0.15) is 32.1 Å². The number of rotatable bonds is 6. The minimum Gasteiger partial charge on any atom is -0.330 e. The van der Waals surface area contributed by atoms with E-state index in [2.05, 4.69) is 23.9 Å².